The average Bonchev–Trinajstić information content (AvgIpc) is 2.25. The SMILES string of the molecule is N#Cc1ccc(S(=O)C(F)(F)F)cc1[N+](=O)[O-]. The van der Waals surface area contributed by atoms with Crippen LogP contribution in [0.1, 0.15) is 5.56 Å². The van der Waals surface area contributed by atoms with Gasteiger partial charge in [-0.15, -0.1) is 0 Å². The molecule has 0 spiro atoms. The second kappa shape index (κ2) is 4.50. The van der Waals surface area contributed by atoms with Gasteiger partial charge in [0.2, 0.25) is 0 Å². The van der Waals surface area contributed by atoms with Crippen molar-refractivity contribution in [1.82, 2.24) is 0 Å². The molecule has 0 aliphatic carbocycles. The maximum absolute atomic E-state index is 12.1. The molecule has 1 aromatic carbocycles. The Kier molecular flexibility index (Phi) is 3.47. The fourth-order valence-corrected chi connectivity index (χ4v) is 1.68. The Bertz CT molecular complexity index is 536. The van der Waals surface area contributed by atoms with Crippen LogP contribution >= 0.6 is 0 Å². The molecule has 1 atom stereocenters. The van der Waals surface area contributed by atoms with Gasteiger partial charge in [-0.3, -0.25) is 10.1 Å². The van der Waals surface area contributed by atoms with Crippen molar-refractivity contribution < 1.29 is 22.3 Å². The molecule has 5 nitrogen and oxygen atoms in total. The topological polar surface area (TPSA) is 84.0 Å². The molecule has 0 radical (unpaired) electrons. The summed E-state index contributed by atoms with van der Waals surface area (Å²) in [6.07, 6.45) is 0. The highest BCUT2D eigenvalue weighted by Gasteiger charge is 2.38. The van der Waals surface area contributed by atoms with E-state index in [1.54, 1.807) is 0 Å². The van der Waals surface area contributed by atoms with Gasteiger partial charge in [-0.2, -0.15) is 18.4 Å². The number of hydrogen-bond donors (Lipinski definition) is 0. The van der Waals surface area contributed by atoms with Gasteiger partial charge in [0.05, 0.1) is 9.82 Å². The third-order valence-electron chi connectivity index (χ3n) is 1.71. The summed E-state index contributed by atoms with van der Waals surface area (Å²) in [4.78, 5) is 8.71. The zero-order valence-electron chi connectivity index (χ0n) is 7.89. The Hall–Kier alpha value is -1.95. The third kappa shape index (κ3) is 2.79. The lowest BCUT2D eigenvalue weighted by Crippen LogP contribution is -2.16. The van der Waals surface area contributed by atoms with Crippen LogP contribution in [0.5, 0.6) is 0 Å². The molecule has 9 heteroatoms. The predicted molar refractivity (Wildman–Crippen MR) is 50.3 cm³/mol. The maximum Gasteiger partial charge on any atom is 0.475 e. The Morgan fingerprint density at radius 3 is 2.41 bits per heavy atom. The van der Waals surface area contributed by atoms with Gasteiger partial charge in [0, 0.05) is 6.07 Å². The number of nitrogens with zero attached hydrogens (tertiary/aromatic N) is 2. The van der Waals surface area contributed by atoms with E-state index in [0.717, 1.165) is 12.1 Å². The molecule has 1 rings (SSSR count). The molecule has 1 unspecified atom stereocenters. The first-order valence-electron chi connectivity index (χ1n) is 3.94. The Morgan fingerprint density at radius 2 is 2.00 bits per heavy atom. The van der Waals surface area contributed by atoms with E-state index in [2.05, 4.69) is 0 Å². The van der Waals surface area contributed by atoms with Gasteiger partial charge >= 0.3 is 5.51 Å². The van der Waals surface area contributed by atoms with E-state index in [1.165, 1.54) is 6.07 Å². The third-order valence-corrected chi connectivity index (χ3v) is 2.81. The zero-order valence-corrected chi connectivity index (χ0v) is 8.71. The van der Waals surface area contributed by atoms with E-state index < -0.39 is 37.4 Å². The standard InChI is InChI=1S/C8H3F3N2O3S/c9-8(10,11)17(16)6-2-1-5(4-12)7(3-6)13(14)15/h1-3H. The van der Waals surface area contributed by atoms with Gasteiger partial charge in [0.15, 0.2) is 10.8 Å². The molecule has 0 aliphatic heterocycles. The van der Waals surface area contributed by atoms with Crippen molar-refractivity contribution in [3.8, 4) is 6.07 Å². The van der Waals surface area contributed by atoms with Crippen molar-refractivity contribution in [3.63, 3.8) is 0 Å². The second-order valence-electron chi connectivity index (χ2n) is 2.76. The molecule has 17 heavy (non-hydrogen) atoms. The molecule has 0 bridgehead atoms. The summed E-state index contributed by atoms with van der Waals surface area (Å²) in [5.41, 5.74) is -6.19. The number of halogens is 3. The number of nitro benzene ring substituents is 1. The minimum absolute atomic E-state index is 0.391. The molecule has 0 saturated carbocycles. The van der Waals surface area contributed by atoms with Crippen molar-refractivity contribution in [1.29, 1.82) is 5.26 Å². The van der Waals surface area contributed by atoms with E-state index in [1.807, 2.05) is 0 Å². The maximum atomic E-state index is 12.1. The molecule has 0 N–H and O–H groups in total. The van der Waals surface area contributed by atoms with Crippen LogP contribution in [-0.2, 0) is 10.8 Å². The lowest BCUT2D eigenvalue weighted by atomic mass is 10.2. The van der Waals surface area contributed by atoms with E-state index in [4.69, 9.17) is 5.26 Å². The molecule has 0 heterocycles. The highest BCUT2D eigenvalue weighted by atomic mass is 32.2. The number of hydrogen-bond acceptors (Lipinski definition) is 4. The van der Waals surface area contributed by atoms with E-state index in [0.29, 0.717) is 6.07 Å². The summed E-state index contributed by atoms with van der Waals surface area (Å²) >= 11 is 0. The summed E-state index contributed by atoms with van der Waals surface area (Å²) in [6, 6.07) is 3.55. The second-order valence-corrected chi connectivity index (χ2v) is 4.23. The van der Waals surface area contributed by atoms with Crippen molar-refractivity contribution in [2.24, 2.45) is 0 Å². The molecule has 0 aliphatic rings. The van der Waals surface area contributed by atoms with Crippen LogP contribution < -0.4 is 0 Å². The minimum atomic E-state index is -5.00. The minimum Gasteiger partial charge on any atom is -0.258 e. The van der Waals surface area contributed by atoms with Gasteiger partial charge in [-0.25, -0.2) is 4.21 Å². The summed E-state index contributed by atoms with van der Waals surface area (Å²) < 4.78 is 47.3. The van der Waals surface area contributed by atoms with Gasteiger partial charge in [0.25, 0.3) is 5.69 Å². The van der Waals surface area contributed by atoms with Crippen molar-refractivity contribution in [3.05, 3.63) is 33.9 Å². The molecule has 0 aromatic heterocycles. The van der Waals surface area contributed by atoms with Crippen LogP contribution in [0.3, 0.4) is 0 Å². The first kappa shape index (κ1) is 13.1. The van der Waals surface area contributed by atoms with Crippen LogP contribution in [0.2, 0.25) is 0 Å². The Labute approximate surface area is 95.1 Å². The van der Waals surface area contributed by atoms with Gasteiger partial charge in [-0.05, 0) is 12.1 Å². The Morgan fingerprint density at radius 1 is 1.41 bits per heavy atom. The van der Waals surface area contributed by atoms with Crippen LogP contribution in [-0.4, -0.2) is 14.6 Å². The van der Waals surface area contributed by atoms with E-state index in [-0.39, 0.29) is 0 Å². The van der Waals surface area contributed by atoms with Crippen LogP contribution in [0.25, 0.3) is 0 Å². The number of benzene rings is 1. The van der Waals surface area contributed by atoms with Gasteiger partial charge in [0.1, 0.15) is 11.6 Å². The van der Waals surface area contributed by atoms with Crippen LogP contribution in [0.4, 0.5) is 18.9 Å². The Balaban J connectivity index is 3.33. The van der Waals surface area contributed by atoms with E-state index in [9.17, 15) is 27.5 Å². The number of alkyl halides is 3. The highest BCUT2D eigenvalue weighted by molar-refractivity contribution is 7.86. The molecular formula is C8H3F3N2O3S. The lowest BCUT2D eigenvalue weighted by molar-refractivity contribution is -0.385. The highest BCUT2D eigenvalue weighted by Crippen LogP contribution is 2.29. The van der Waals surface area contributed by atoms with Crippen LogP contribution in [0, 0.1) is 21.4 Å². The normalized spacial score (nSPS) is 12.8. The predicted octanol–water partition coefficient (Wildman–Crippen LogP) is 2.09. The molecular weight excluding hydrogens is 261 g/mol. The van der Waals surface area contributed by atoms with Crippen molar-refractivity contribution in [2.75, 3.05) is 0 Å². The summed E-state index contributed by atoms with van der Waals surface area (Å²) in [7, 11) is -3.35. The number of rotatable bonds is 2. The molecule has 0 fully saturated rings. The number of nitriles is 1. The van der Waals surface area contributed by atoms with E-state index >= 15 is 0 Å². The monoisotopic (exact) mass is 264 g/mol. The molecule has 0 amide bonds. The first-order valence-corrected chi connectivity index (χ1v) is 5.09. The lowest BCUT2D eigenvalue weighted by Gasteiger charge is -2.05. The summed E-state index contributed by atoms with van der Waals surface area (Å²) in [5, 5.41) is 19.0. The smallest absolute Gasteiger partial charge is 0.258 e. The molecule has 1 aromatic rings. The first-order chi connectivity index (χ1) is 7.77. The van der Waals surface area contributed by atoms with Crippen molar-refractivity contribution >= 4 is 16.5 Å². The summed E-state index contributed by atoms with van der Waals surface area (Å²) in [6.45, 7) is 0. The molecule has 0 saturated heterocycles. The fourth-order valence-electron chi connectivity index (χ4n) is 1.01. The average molecular weight is 264 g/mol. The summed E-state index contributed by atoms with van der Waals surface area (Å²) in [5.74, 6) is 0. The van der Waals surface area contributed by atoms with Crippen molar-refractivity contribution in [2.45, 2.75) is 10.4 Å². The van der Waals surface area contributed by atoms with Crippen LogP contribution in [0.15, 0.2) is 23.1 Å². The van der Waals surface area contributed by atoms with Gasteiger partial charge in [-0.1, -0.05) is 0 Å². The molecule has 90 valence electrons. The zero-order chi connectivity index (χ0) is 13.2. The quantitative estimate of drug-likeness (QED) is 0.604. The largest absolute Gasteiger partial charge is 0.475 e. The van der Waals surface area contributed by atoms with Gasteiger partial charge < -0.3 is 0 Å². The fraction of sp³-hybridized carbons (Fsp3) is 0.125. The number of nitro groups is 1.